The van der Waals surface area contributed by atoms with E-state index in [0.717, 1.165) is 13.0 Å². The number of hydrogen-bond acceptors (Lipinski definition) is 2. The monoisotopic (exact) mass is 192 g/mol. The summed E-state index contributed by atoms with van der Waals surface area (Å²) in [5.74, 6) is 0. The fourth-order valence-electron chi connectivity index (χ4n) is 1.29. The van der Waals surface area contributed by atoms with E-state index < -0.39 is 0 Å². The second kappa shape index (κ2) is 5.78. The Labute approximate surface area is 86.7 Å². The van der Waals surface area contributed by atoms with E-state index in [1.54, 1.807) is 0 Å². The zero-order valence-electron chi connectivity index (χ0n) is 9.30. The normalized spacial score (nSPS) is 12.8. The van der Waals surface area contributed by atoms with Crippen LogP contribution in [0.4, 0.5) is 0 Å². The Morgan fingerprint density at radius 1 is 1.21 bits per heavy atom. The van der Waals surface area contributed by atoms with Crippen molar-refractivity contribution in [2.24, 2.45) is 0 Å². The summed E-state index contributed by atoms with van der Waals surface area (Å²) in [6.45, 7) is 7.44. The molecule has 0 aliphatic heterocycles. The zero-order valence-corrected chi connectivity index (χ0v) is 9.30. The number of rotatable bonds is 5. The van der Waals surface area contributed by atoms with Crippen LogP contribution in [0.5, 0.6) is 0 Å². The number of hydrazine groups is 1. The highest BCUT2D eigenvalue weighted by Gasteiger charge is 2.02. The van der Waals surface area contributed by atoms with Crippen molar-refractivity contribution in [2.45, 2.75) is 33.2 Å². The first kappa shape index (κ1) is 11.2. The molecule has 2 nitrogen and oxygen atoms in total. The van der Waals surface area contributed by atoms with Crippen molar-refractivity contribution in [2.75, 3.05) is 6.54 Å². The molecule has 0 amide bonds. The Balaban J connectivity index is 2.43. The number of aryl methyl sites for hydroxylation is 1. The van der Waals surface area contributed by atoms with Crippen molar-refractivity contribution in [3.05, 3.63) is 35.4 Å². The lowest BCUT2D eigenvalue weighted by molar-refractivity contribution is 0.462. The zero-order chi connectivity index (χ0) is 10.4. The van der Waals surface area contributed by atoms with Crippen LogP contribution in [0.1, 0.15) is 37.4 Å². The molecule has 0 aromatic heterocycles. The van der Waals surface area contributed by atoms with Crippen LogP contribution in [0.3, 0.4) is 0 Å². The van der Waals surface area contributed by atoms with Gasteiger partial charge in [0.2, 0.25) is 0 Å². The van der Waals surface area contributed by atoms with Gasteiger partial charge in [-0.2, -0.15) is 0 Å². The lowest BCUT2D eigenvalue weighted by atomic mass is 10.1. The SMILES string of the molecule is CCCNN[C@@H](C)c1ccc(C)cc1. The van der Waals surface area contributed by atoms with Crippen LogP contribution < -0.4 is 10.9 Å². The van der Waals surface area contributed by atoms with Crippen LogP contribution >= 0.6 is 0 Å². The maximum atomic E-state index is 3.27. The van der Waals surface area contributed by atoms with Gasteiger partial charge in [-0.05, 0) is 25.8 Å². The molecule has 2 heteroatoms. The Bertz CT molecular complexity index is 254. The third-order valence-corrected chi connectivity index (χ3v) is 2.27. The van der Waals surface area contributed by atoms with Gasteiger partial charge in [0.25, 0.3) is 0 Å². The average molecular weight is 192 g/mol. The van der Waals surface area contributed by atoms with Gasteiger partial charge in [0.15, 0.2) is 0 Å². The summed E-state index contributed by atoms with van der Waals surface area (Å²) in [5, 5.41) is 0. The largest absolute Gasteiger partial charge is 0.257 e. The Morgan fingerprint density at radius 3 is 2.43 bits per heavy atom. The van der Waals surface area contributed by atoms with E-state index in [0.29, 0.717) is 6.04 Å². The molecule has 1 aromatic rings. The van der Waals surface area contributed by atoms with Gasteiger partial charge in [-0.15, -0.1) is 0 Å². The second-order valence-electron chi connectivity index (χ2n) is 3.70. The average Bonchev–Trinajstić information content (AvgIpc) is 2.19. The molecule has 0 spiro atoms. The lowest BCUT2D eigenvalue weighted by Gasteiger charge is -2.14. The van der Waals surface area contributed by atoms with Gasteiger partial charge in [-0.25, -0.2) is 0 Å². The molecular weight excluding hydrogens is 172 g/mol. The van der Waals surface area contributed by atoms with Gasteiger partial charge >= 0.3 is 0 Å². The first-order valence-electron chi connectivity index (χ1n) is 5.29. The molecular formula is C12H20N2. The van der Waals surface area contributed by atoms with Crippen LogP contribution in [0.2, 0.25) is 0 Å². The molecule has 1 aromatic carbocycles. The molecule has 0 fully saturated rings. The fraction of sp³-hybridized carbons (Fsp3) is 0.500. The van der Waals surface area contributed by atoms with Gasteiger partial charge in [0.05, 0.1) is 0 Å². The topological polar surface area (TPSA) is 24.1 Å². The van der Waals surface area contributed by atoms with E-state index >= 15 is 0 Å². The van der Waals surface area contributed by atoms with Crippen molar-refractivity contribution in [1.29, 1.82) is 0 Å². The highest BCUT2D eigenvalue weighted by molar-refractivity contribution is 5.23. The summed E-state index contributed by atoms with van der Waals surface area (Å²) in [6, 6.07) is 8.99. The number of benzene rings is 1. The number of hydrogen-bond donors (Lipinski definition) is 2. The van der Waals surface area contributed by atoms with Crippen LogP contribution in [0.15, 0.2) is 24.3 Å². The second-order valence-corrected chi connectivity index (χ2v) is 3.70. The smallest absolute Gasteiger partial charge is 0.0434 e. The predicted octanol–water partition coefficient (Wildman–Crippen LogP) is 2.56. The van der Waals surface area contributed by atoms with E-state index in [1.807, 2.05) is 0 Å². The summed E-state index contributed by atoms with van der Waals surface area (Å²) >= 11 is 0. The first-order valence-corrected chi connectivity index (χ1v) is 5.29. The van der Waals surface area contributed by atoms with E-state index in [1.165, 1.54) is 11.1 Å². The summed E-state index contributed by atoms with van der Waals surface area (Å²) in [6.07, 6.45) is 1.15. The van der Waals surface area contributed by atoms with Crippen molar-refractivity contribution >= 4 is 0 Å². The van der Waals surface area contributed by atoms with E-state index in [9.17, 15) is 0 Å². The van der Waals surface area contributed by atoms with Crippen LogP contribution in [0.25, 0.3) is 0 Å². The molecule has 2 N–H and O–H groups in total. The van der Waals surface area contributed by atoms with Gasteiger partial charge in [0, 0.05) is 12.6 Å². The molecule has 0 aliphatic carbocycles. The van der Waals surface area contributed by atoms with Crippen LogP contribution in [-0.4, -0.2) is 6.54 Å². The van der Waals surface area contributed by atoms with E-state index in [2.05, 4.69) is 55.9 Å². The summed E-state index contributed by atoms with van der Waals surface area (Å²) in [5.41, 5.74) is 9.09. The first-order chi connectivity index (χ1) is 6.74. The Hall–Kier alpha value is -0.860. The third-order valence-electron chi connectivity index (χ3n) is 2.27. The van der Waals surface area contributed by atoms with Crippen molar-refractivity contribution < 1.29 is 0 Å². The lowest BCUT2D eigenvalue weighted by Crippen LogP contribution is -2.34. The Morgan fingerprint density at radius 2 is 1.86 bits per heavy atom. The number of nitrogens with one attached hydrogen (secondary N) is 2. The maximum absolute atomic E-state index is 3.27. The molecule has 14 heavy (non-hydrogen) atoms. The van der Waals surface area contributed by atoms with Crippen molar-refractivity contribution in [3.63, 3.8) is 0 Å². The van der Waals surface area contributed by atoms with Crippen LogP contribution in [0, 0.1) is 6.92 Å². The quantitative estimate of drug-likeness (QED) is 0.553. The standard InChI is InChI=1S/C12H20N2/c1-4-9-13-14-11(3)12-7-5-10(2)6-8-12/h5-8,11,13-14H,4,9H2,1-3H3/t11-/m0/s1. The molecule has 0 bridgehead atoms. The molecule has 1 atom stereocenters. The molecule has 0 saturated heterocycles. The molecule has 0 unspecified atom stereocenters. The fourth-order valence-corrected chi connectivity index (χ4v) is 1.29. The van der Waals surface area contributed by atoms with Gasteiger partial charge < -0.3 is 0 Å². The molecule has 78 valence electrons. The summed E-state index contributed by atoms with van der Waals surface area (Å²) in [7, 11) is 0. The molecule has 1 rings (SSSR count). The van der Waals surface area contributed by atoms with Gasteiger partial charge in [-0.3, -0.25) is 10.9 Å². The predicted molar refractivity (Wildman–Crippen MR) is 61.0 cm³/mol. The highest BCUT2D eigenvalue weighted by atomic mass is 15.4. The summed E-state index contributed by atoms with van der Waals surface area (Å²) < 4.78 is 0. The molecule has 0 heterocycles. The summed E-state index contributed by atoms with van der Waals surface area (Å²) in [4.78, 5) is 0. The minimum atomic E-state index is 0.363. The maximum Gasteiger partial charge on any atom is 0.0434 e. The van der Waals surface area contributed by atoms with E-state index in [4.69, 9.17) is 0 Å². The Kier molecular flexibility index (Phi) is 4.63. The highest BCUT2D eigenvalue weighted by Crippen LogP contribution is 2.11. The molecule has 0 aliphatic rings. The third kappa shape index (κ3) is 3.48. The van der Waals surface area contributed by atoms with Gasteiger partial charge in [-0.1, -0.05) is 36.8 Å². The minimum absolute atomic E-state index is 0.363. The van der Waals surface area contributed by atoms with Crippen LogP contribution in [-0.2, 0) is 0 Å². The van der Waals surface area contributed by atoms with E-state index in [-0.39, 0.29) is 0 Å². The molecule has 0 radical (unpaired) electrons. The van der Waals surface area contributed by atoms with Gasteiger partial charge in [0.1, 0.15) is 0 Å². The minimum Gasteiger partial charge on any atom is -0.257 e. The van der Waals surface area contributed by atoms with Crippen molar-refractivity contribution in [3.8, 4) is 0 Å². The van der Waals surface area contributed by atoms with Crippen molar-refractivity contribution in [1.82, 2.24) is 10.9 Å². The molecule has 0 saturated carbocycles.